The summed E-state index contributed by atoms with van der Waals surface area (Å²) in [4.78, 5) is 23.9. The Labute approximate surface area is 129 Å². The van der Waals surface area contributed by atoms with Gasteiger partial charge in [-0.05, 0) is 32.1 Å². The Morgan fingerprint density at radius 3 is 2.59 bits per heavy atom. The van der Waals surface area contributed by atoms with Crippen LogP contribution < -0.4 is 9.80 Å². The molecule has 0 aromatic carbocycles. The van der Waals surface area contributed by atoms with Crippen LogP contribution in [0.2, 0.25) is 0 Å². The molecular formula is C15H22N4O3. The molecule has 2 saturated heterocycles. The van der Waals surface area contributed by atoms with Crippen molar-refractivity contribution in [1.82, 2.24) is 9.97 Å². The van der Waals surface area contributed by atoms with E-state index < -0.39 is 12.0 Å². The summed E-state index contributed by atoms with van der Waals surface area (Å²) in [7, 11) is 0. The number of carbonyl (C=O) groups is 1. The number of piperidine rings is 1. The molecular weight excluding hydrogens is 284 g/mol. The summed E-state index contributed by atoms with van der Waals surface area (Å²) in [6.07, 6.45) is 6.16. The van der Waals surface area contributed by atoms with E-state index in [9.17, 15) is 15.0 Å². The number of aliphatic hydroxyl groups excluding tert-OH is 1. The van der Waals surface area contributed by atoms with E-state index >= 15 is 0 Å². The van der Waals surface area contributed by atoms with Crippen LogP contribution in [0.3, 0.4) is 0 Å². The van der Waals surface area contributed by atoms with E-state index in [0.717, 1.165) is 38.0 Å². The highest BCUT2D eigenvalue weighted by Crippen LogP contribution is 2.28. The number of nitrogens with zero attached hydrogens (tertiary/aromatic N) is 4. The molecule has 0 bridgehead atoms. The predicted molar refractivity (Wildman–Crippen MR) is 82.1 cm³/mol. The van der Waals surface area contributed by atoms with Crippen LogP contribution in [-0.2, 0) is 4.79 Å². The van der Waals surface area contributed by atoms with E-state index in [1.807, 2.05) is 11.0 Å². The fourth-order valence-corrected chi connectivity index (χ4v) is 3.44. The Bertz CT molecular complexity index is 539. The fraction of sp³-hybridized carbons (Fsp3) is 0.667. The van der Waals surface area contributed by atoms with Crippen LogP contribution in [0.15, 0.2) is 12.4 Å². The first kappa shape index (κ1) is 15.0. The minimum Gasteiger partial charge on any atom is -0.480 e. The molecule has 2 aliphatic rings. The molecule has 7 nitrogen and oxygen atoms in total. The van der Waals surface area contributed by atoms with Gasteiger partial charge in [-0.15, -0.1) is 0 Å². The van der Waals surface area contributed by atoms with Crippen molar-refractivity contribution in [2.45, 2.75) is 44.2 Å². The molecule has 0 saturated carbocycles. The van der Waals surface area contributed by atoms with Crippen molar-refractivity contribution in [2.24, 2.45) is 0 Å². The predicted octanol–water partition coefficient (Wildman–Crippen LogP) is 0.881. The van der Waals surface area contributed by atoms with Crippen LogP contribution in [0, 0.1) is 0 Å². The lowest BCUT2D eigenvalue weighted by atomic mass is 10.0. The average molecular weight is 306 g/mol. The number of aliphatic carboxylic acids is 1. The Balaban J connectivity index is 1.84. The van der Waals surface area contributed by atoms with Gasteiger partial charge < -0.3 is 20.0 Å². The first-order valence-corrected chi connectivity index (χ1v) is 7.89. The molecule has 3 rings (SSSR count). The molecule has 1 aromatic heterocycles. The molecule has 0 radical (unpaired) electrons. The van der Waals surface area contributed by atoms with Crippen molar-refractivity contribution in [2.75, 3.05) is 29.5 Å². The summed E-state index contributed by atoms with van der Waals surface area (Å²) in [5.74, 6) is 0.640. The number of carboxylic acid groups (broad SMARTS) is 1. The summed E-state index contributed by atoms with van der Waals surface area (Å²) in [5, 5.41) is 18.9. The second-order valence-corrected chi connectivity index (χ2v) is 5.95. The van der Waals surface area contributed by atoms with E-state index in [4.69, 9.17) is 0 Å². The molecule has 1 unspecified atom stereocenters. The van der Waals surface area contributed by atoms with Crippen molar-refractivity contribution in [3.63, 3.8) is 0 Å². The van der Waals surface area contributed by atoms with Crippen molar-refractivity contribution in [3.05, 3.63) is 12.4 Å². The van der Waals surface area contributed by atoms with Gasteiger partial charge >= 0.3 is 5.97 Å². The van der Waals surface area contributed by atoms with E-state index in [0.29, 0.717) is 18.8 Å². The van der Waals surface area contributed by atoms with Crippen LogP contribution in [0.4, 0.5) is 11.6 Å². The molecule has 0 amide bonds. The van der Waals surface area contributed by atoms with Crippen LogP contribution >= 0.6 is 0 Å². The van der Waals surface area contributed by atoms with Crippen molar-refractivity contribution in [3.8, 4) is 0 Å². The van der Waals surface area contributed by atoms with Gasteiger partial charge in [-0.25, -0.2) is 14.8 Å². The van der Waals surface area contributed by atoms with Crippen LogP contribution in [0.1, 0.15) is 32.1 Å². The van der Waals surface area contributed by atoms with Gasteiger partial charge in [0.2, 0.25) is 0 Å². The minimum atomic E-state index is -0.802. The second kappa shape index (κ2) is 6.48. The van der Waals surface area contributed by atoms with Gasteiger partial charge in [0.25, 0.3) is 0 Å². The standard InChI is InChI=1S/C15H22N4O3/c20-9-11-4-1-2-6-18(11)13-8-14(17-10-16-13)19-7-3-5-12(19)15(21)22/h8,10-12,20H,1-7,9H2,(H,21,22)/t11?,12-/m1/s1. The highest BCUT2D eigenvalue weighted by Gasteiger charge is 2.32. The smallest absolute Gasteiger partial charge is 0.326 e. The quantitative estimate of drug-likeness (QED) is 0.853. The number of aromatic nitrogens is 2. The largest absolute Gasteiger partial charge is 0.480 e. The van der Waals surface area contributed by atoms with Gasteiger partial charge in [-0.2, -0.15) is 0 Å². The van der Waals surface area contributed by atoms with E-state index in [2.05, 4.69) is 14.9 Å². The number of aliphatic hydroxyl groups is 1. The highest BCUT2D eigenvalue weighted by atomic mass is 16.4. The van der Waals surface area contributed by atoms with Gasteiger partial charge in [0.15, 0.2) is 0 Å². The van der Waals surface area contributed by atoms with Gasteiger partial charge in [-0.3, -0.25) is 0 Å². The molecule has 3 heterocycles. The highest BCUT2D eigenvalue weighted by molar-refractivity contribution is 5.78. The van der Waals surface area contributed by atoms with Gasteiger partial charge in [0.05, 0.1) is 12.6 Å². The number of hydrogen-bond acceptors (Lipinski definition) is 6. The second-order valence-electron chi connectivity index (χ2n) is 5.95. The van der Waals surface area contributed by atoms with Gasteiger partial charge in [-0.1, -0.05) is 0 Å². The molecule has 1 aromatic rings. The average Bonchev–Trinajstić information content (AvgIpc) is 3.05. The molecule has 0 aliphatic carbocycles. The van der Waals surface area contributed by atoms with Gasteiger partial charge in [0.1, 0.15) is 24.0 Å². The minimum absolute atomic E-state index is 0.0883. The van der Waals surface area contributed by atoms with E-state index in [-0.39, 0.29) is 12.6 Å². The van der Waals surface area contributed by atoms with Crippen molar-refractivity contribution in [1.29, 1.82) is 0 Å². The Kier molecular flexibility index (Phi) is 4.42. The molecule has 2 aliphatic heterocycles. The van der Waals surface area contributed by atoms with Crippen LogP contribution in [0.5, 0.6) is 0 Å². The summed E-state index contributed by atoms with van der Waals surface area (Å²) in [6.45, 7) is 1.68. The van der Waals surface area contributed by atoms with Gasteiger partial charge in [0, 0.05) is 19.2 Å². The first-order chi connectivity index (χ1) is 10.7. The number of anilines is 2. The maximum absolute atomic E-state index is 11.3. The third kappa shape index (κ3) is 2.85. The maximum atomic E-state index is 11.3. The summed E-state index contributed by atoms with van der Waals surface area (Å²) >= 11 is 0. The summed E-state index contributed by atoms with van der Waals surface area (Å²) in [6, 6.07) is 1.44. The molecule has 2 atom stereocenters. The van der Waals surface area contributed by atoms with Crippen LogP contribution in [0.25, 0.3) is 0 Å². The van der Waals surface area contributed by atoms with E-state index in [1.54, 1.807) is 0 Å². The number of rotatable bonds is 4. The van der Waals surface area contributed by atoms with Crippen molar-refractivity contribution >= 4 is 17.6 Å². The zero-order valence-electron chi connectivity index (χ0n) is 12.6. The molecule has 2 N–H and O–H groups in total. The molecule has 0 spiro atoms. The van der Waals surface area contributed by atoms with E-state index in [1.165, 1.54) is 6.33 Å². The normalized spacial score (nSPS) is 25.5. The fourth-order valence-electron chi connectivity index (χ4n) is 3.44. The van der Waals surface area contributed by atoms with Crippen LogP contribution in [-0.4, -0.2) is 57.9 Å². The third-order valence-electron chi connectivity index (χ3n) is 4.60. The molecule has 22 heavy (non-hydrogen) atoms. The monoisotopic (exact) mass is 306 g/mol. The lowest BCUT2D eigenvalue weighted by Gasteiger charge is -2.36. The zero-order valence-corrected chi connectivity index (χ0v) is 12.6. The Morgan fingerprint density at radius 2 is 1.86 bits per heavy atom. The summed E-state index contributed by atoms with van der Waals surface area (Å²) < 4.78 is 0. The topological polar surface area (TPSA) is 89.8 Å². The Hall–Kier alpha value is -1.89. The van der Waals surface area contributed by atoms with Crippen molar-refractivity contribution < 1.29 is 15.0 Å². The summed E-state index contributed by atoms with van der Waals surface area (Å²) in [5.41, 5.74) is 0. The number of carboxylic acids is 1. The molecule has 120 valence electrons. The third-order valence-corrected chi connectivity index (χ3v) is 4.60. The molecule has 2 fully saturated rings. The lowest BCUT2D eigenvalue weighted by molar-refractivity contribution is -0.138. The lowest BCUT2D eigenvalue weighted by Crippen LogP contribution is -2.42. The number of hydrogen-bond donors (Lipinski definition) is 2. The Morgan fingerprint density at radius 1 is 1.14 bits per heavy atom. The maximum Gasteiger partial charge on any atom is 0.326 e. The first-order valence-electron chi connectivity index (χ1n) is 7.89. The SMILES string of the molecule is O=C(O)[C@H]1CCCN1c1cc(N2CCCCC2CO)ncn1. The zero-order chi connectivity index (χ0) is 15.5. The molecule has 7 heteroatoms.